The van der Waals surface area contributed by atoms with Crippen molar-refractivity contribution in [2.75, 3.05) is 13.1 Å². The minimum Gasteiger partial charge on any atom is -0.339 e. The highest BCUT2D eigenvalue weighted by Gasteiger charge is 2.26. The van der Waals surface area contributed by atoms with Crippen LogP contribution in [-0.2, 0) is 0 Å². The Morgan fingerprint density at radius 3 is 2.77 bits per heavy atom. The third-order valence-electron chi connectivity index (χ3n) is 5.97. The number of amides is 1. The Morgan fingerprint density at radius 1 is 1.10 bits per heavy atom. The molecule has 5 nitrogen and oxygen atoms in total. The van der Waals surface area contributed by atoms with Gasteiger partial charge in [0.2, 0.25) is 0 Å². The molecule has 1 N–H and O–H groups in total. The van der Waals surface area contributed by atoms with Crippen LogP contribution in [0.3, 0.4) is 0 Å². The molecule has 0 aliphatic carbocycles. The second-order valence-electron chi connectivity index (χ2n) is 7.93. The lowest BCUT2D eigenvalue weighted by molar-refractivity contribution is 0.0781. The van der Waals surface area contributed by atoms with Crippen LogP contribution in [0.5, 0.6) is 0 Å². The molecule has 1 aromatic carbocycles. The first-order valence-electron chi connectivity index (χ1n) is 10.5. The Bertz CT molecular complexity index is 1200. The summed E-state index contributed by atoms with van der Waals surface area (Å²) in [6, 6.07) is 20.0. The van der Waals surface area contributed by atoms with Gasteiger partial charge in [-0.2, -0.15) is 0 Å². The SMILES string of the molecule is CC[C@H]1CCN(C(=O)c2cccc(-c3cnc4[nH]c(-c5ccccc5)cc4c3)n2)C1. The topological polar surface area (TPSA) is 61.9 Å². The van der Waals surface area contributed by atoms with Crippen molar-refractivity contribution in [3.05, 3.63) is 72.6 Å². The van der Waals surface area contributed by atoms with Crippen LogP contribution in [0.1, 0.15) is 30.3 Å². The lowest BCUT2D eigenvalue weighted by atomic mass is 10.1. The average molecular weight is 396 g/mol. The number of fused-ring (bicyclic) bond motifs is 1. The first-order valence-corrected chi connectivity index (χ1v) is 10.5. The quantitative estimate of drug-likeness (QED) is 0.518. The minimum absolute atomic E-state index is 0.0230. The lowest BCUT2D eigenvalue weighted by Gasteiger charge is -2.16. The van der Waals surface area contributed by atoms with E-state index < -0.39 is 0 Å². The van der Waals surface area contributed by atoms with Gasteiger partial charge in [-0.1, -0.05) is 49.7 Å². The van der Waals surface area contributed by atoms with E-state index in [-0.39, 0.29) is 5.91 Å². The van der Waals surface area contributed by atoms with E-state index in [9.17, 15) is 4.79 Å². The van der Waals surface area contributed by atoms with E-state index in [1.807, 2.05) is 41.4 Å². The summed E-state index contributed by atoms with van der Waals surface area (Å²) in [5, 5.41) is 1.02. The number of nitrogens with zero attached hydrogens (tertiary/aromatic N) is 3. The molecule has 1 aliphatic heterocycles. The molecule has 150 valence electrons. The van der Waals surface area contributed by atoms with Gasteiger partial charge < -0.3 is 9.88 Å². The van der Waals surface area contributed by atoms with Crippen molar-refractivity contribution in [2.24, 2.45) is 5.92 Å². The van der Waals surface area contributed by atoms with Crippen LogP contribution < -0.4 is 0 Å². The van der Waals surface area contributed by atoms with E-state index in [4.69, 9.17) is 0 Å². The van der Waals surface area contributed by atoms with Crippen LogP contribution in [0.2, 0.25) is 0 Å². The molecule has 3 aromatic heterocycles. The van der Waals surface area contributed by atoms with Crippen LogP contribution in [0.15, 0.2) is 66.9 Å². The molecule has 5 heteroatoms. The molecule has 4 heterocycles. The van der Waals surface area contributed by atoms with Crippen molar-refractivity contribution < 1.29 is 4.79 Å². The van der Waals surface area contributed by atoms with E-state index in [2.05, 4.69) is 46.1 Å². The summed E-state index contributed by atoms with van der Waals surface area (Å²) in [4.78, 5) is 27.5. The van der Waals surface area contributed by atoms with Crippen LogP contribution in [-0.4, -0.2) is 38.8 Å². The second-order valence-corrected chi connectivity index (χ2v) is 7.93. The van der Waals surface area contributed by atoms with Crippen LogP contribution in [0, 0.1) is 5.92 Å². The van der Waals surface area contributed by atoms with E-state index >= 15 is 0 Å². The maximum atomic E-state index is 12.9. The zero-order chi connectivity index (χ0) is 20.5. The molecule has 5 rings (SSSR count). The Kier molecular flexibility index (Phi) is 4.79. The number of rotatable bonds is 4. The third-order valence-corrected chi connectivity index (χ3v) is 5.97. The normalized spacial score (nSPS) is 16.3. The summed E-state index contributed by atoms with van der Waals surface area (Å²) in [5.41, 5.74) is 5.17. The summed E-state index contributed by atoms with van der Waals surface area (Å²) in [5.74, 6) is 0.631. The number of carbonyl (C=O) groups excluding carboxylic acids is 1. The van der Waals surface area contributed by atoms with Gasteiger partial charge in [-0.3, -0.25) is 4.79 Å². The van der Waals surface area contributed by atoms with E-state index in [1.165, 1.54) is 0 Å². The van der Waals surface area contributed by atoms with Crippen LogP contribution in [0.25, 0.3) is 33.5 Å². The maximum absolute atomic E-state index is 12.9. The smallest absolute Gasteiger partial charge is 0.272 e. The highest BCUT2D eigenvalue weighted by molar-refractivity contribution is 5.93. The molecule has 1 amide bonds. The van der Waals surface area contributed by atoms with Gasteiger partial charge in [-0.25, -0.2) is 9.97 Å². The summed E-state index contributed by atoms with van der Waals surface area (Å²) < 4.78 is 0. The first-order chi connectivity index (χ1) is 14.7. The maximum Gasteiger partial charge on any atom is 0.272 e. The zero-order valence-corrected chi connectivity index (χ0v) is 17.0. The summed E-state index contributed by atoms with van der Waals surface area (Å²) in [6.07, 6.45) is 4.01. The number of nitrogens with one attached hydrogen (secondary N) is 1. The number of hydrogen-bond donors (Lipinski definition) is 1. The molecule has 1 saturated heterocycles. The second kappa shape index (κ2) is 7.75. The highest BCUT2D eigenvalue weighted by Crippen LogP contribution is 2.27. The molecule has 4 aromatic rings. The number of benzene rings is 1. The fourth-order valence-electron chi connectivity index (χ4n) is 4.16. The number of aromatic amines is 1. The van der Waals surface area contributed by atoms with Crippen molar-refractivity contribution in [1.82, 2.24) is 19.9 Å². The number of carbonyl (C=O) groups is 1. The van der Waals surface area contributed by atoms with Gasteiger partial charge in [0.1, 0.15) is 11.3 Å². The molecule has 0 radical (unpaired) electrons. The molecule has 0 unspecified atom stereocenters. The predicted molar refractivity (Wildman–Crippen MR) is 119 cm³/mol. The number of aromatic nitrogens is 3. The molecule has 1 aliphatic rings. The Balaban J connectivity index is 1.44. The molecular weight excluding hydrogens is 372 g/mol. The van der Waals surface area contributed by atoms with Crippen LogP contribution >= 0.6 is 0 Å². The first kappa shape index (κ1) is 18.6. The van der Waals surface area contributed by atoms with Crippen LogP contribution in [0.4, 0.5) is 0 Å². The van der Waals surface area contributed by atoms with Crippen molar-refractivity contribution in [2.45, 2.75) is 19.8 Å². The average Bonchev–Trinajstić information content (AvgIpc) is 3.46. The van der Waals surface area contributed by atoms with Gasteiger partial charge in [0.15, 0.2) is 0 Å². The Labute approximate surface area is 175 Å². The molecule has 1 fully saturated rings. The molecule has 0 spiro atoms. The number of likely N-dealkylation sites (tertiary alicyclic amines) is 1. The van der Waals surface area contributed by atoms with Gasteiger partial charge in [0.25, 0.3) is 5.91 Å². The minimum atomic E-state index is 0.0230. The predicted octanol–water partition coefficient (Wildman–Crippen LogP) is 5.16. The monoisotopic (exact) mass is 396 g/mol. The van der Waals surface area contributed by atoms with Crippen molar-refractivity contribution in [3.8, 4) is 22.5 Å². The Morgan fingerprint density at radius 2 is 1.97 bits per heavy atom. The van der Waals surface area contributed by atoms with Gasteiger partial charge in [0, 0.05) is 35.9 Å². The zero-order valence-electron chi connectivity index (χ0n) is 17.0. The van der Waals surface area contributed by atoms with E-state index in [0.717, 1.165) is 59.5 Å². The third kappa shape index (κ3) is 3.47. The fourth-order valence-corrected chi connectivity index (χ4v) is 4.16. The Hall–Kier alpha value is -3.47. The van der Waals surface area contributed by atoms with Crippen molar-refractivity contribution in [3.63, 3.8) is 0 Å². The standard InChI is InChI=1S/C25H24N4O/c1-2-17-11-12-29(16-17)25(30)22-10-6-9-21(27-22)20-13-19-14-23(28-24(19)26-15-20)18-7-4-3-5-8-18/h3-10,13-15,17H,2,11-12,16H2,1H3,(H,26,28)/t17-/m0/s1. The summed E-state index contributed by atoms with van der Waals surface area (Å²) in [7, 11) is 0. The highest BCUT2D eigenvalue weighted by atomic mass is 16.2. The molecule has 1 atom stereocenters. The lowest BCUT2D eigenvalue weighted by Crippen LogP contribution is -2.29. The fraction of sp³-hybridized carbons (Fsp3) is 0.240. The molecule has 0 saturated carbocycles. The van der Waals surface area contributed by atoms with E-state index in [1.54, 1.807) is 6.07 Å². The number of hydrogen-bond acceptors (Lipinski definition) is 3. The molecular formula is C25H24N4O. The van der Waals surface area contributed by atoms with Gasteiger partial charge in [-0.05, 0) is 42.2 Å². The van der Waals surface area contributed by atoms with Crippen molar-refractivity contribution in [1.29, 1.82) is 0 Å². The number of pyridine rings is 2. The molecule has 0 bridgehead atoms. The van der Waals surface area contributed by atoms with Crippen molar-refractivity contribution >= 4 is 16.9 Å². The van der Waals surface area contributed by atoms with Gasteiger partial charge >= 0.3 is 0 Å². The van der Waals surface area contributed by atoms with E-state index in [0.29, 0.717) is 11.6 Å². The summed E-state index contributed by atoms with van der Waals surface area (Å²) >= 11 is 0. The largest absolute Gasteiger partial charge is 0.339 e. The van der Waals surface area contributed by atoms with Gasteiger partial charge in [-0.15, -0.1) is 0 Å². The summed E-state index contributed by atoms with van der Waals surface area (Å²) in [6.45, 7) is 3.84. The van der Waals surface area contributed by atoms with Gasteiger partial charge in [0.05, 0.1) is 5.69 Å². The number of H-pyrrole nitrogens is 1. The molecule has 30 heavy (non-hydrogen) atoms.